The van der Waals surface area contributed by atoms with Crippen LogP contribution in [0.15, 0.2) is 30.3 Å². The van der Waals surface area contributed by atoms with Gasteiger partial charge < -0.3 is 15.1 Å². The average molecular weight is 436 g/mol. The van der Waals surface area contributed by atoms with Crippen molar-refractivity contribution < 1.29 is 14.4 Å². The molecule has 32 heavy (non-hydrogen) atoms. The highest BCUT2D eigenvalue weighted by atomic mass is 16.2. The normalized spacial score (nSPS) is 18.9. The van der Waals surface area contributed by atoms with Crippen LogP contribution < -0.4 is 5.32 Å². The van der Waals surface area contributed by atoms with Crippen molar-refractivity contribution in [2.45, 2.75) is 44.7 Å². The smallest absolute Gasteiger partial charge is 0.274 e. The van der Waals surface area contributed by atoms with Crippen molar-refractivity contribution in [1.82, 2.24) is 24.9 Å². The second kappa shape index (κ2) is 8.41. The van der Waals surface area contributed by atoms with Crippen molar-refractivity contribution in [2.24, 2.45) is 13.0 Å². The number of aryl methyl sites for hydroxylation is 1. The third-order valence-electron chi connectivity index (χ3n) is 6.83. The summed E-state index contributed by atoms with van der Waals surface area (Å²) in [4.78, 5) is 42.2. The number of piperidine rings is 1. The molecule has 5 rings (SSSR count). The molecule has 0 bridgehead atoms. The summed E-state index contributed by atoms with van der Waals surface area (Å²) in [5.41, 5.74) is 2.96. The van der Waals surface area contributed by atoms with E-state index in [0.717, 1.165) is 24.1 Å². The number of benzene rings is 1. The second-order valence-electron chi connectivity index (χ2n) is 9.09. The molecule has 1 aromatic heterocycles. The molecule has 0 unspecified atom stereocenters. The van der Waals surface area contributed by atoms with Gasteiger partial charge in [-0.15, -0.1) is 0 Å². The number of rotatable bonds is 4. The molecule has 8 nitrogen and oxygen atoms in total. The molecule has 1 saturated carbocycles. The van der Waals surface area contributed by atoms with Gasteiger partial charge in [0.05, 0.1) is 6.54 Å². The summed E-state index contributed by atoms with van der Waals surface area (Å²) in [7, 11) is 1.86. The average Bonchev–Trinajstić information content (AvgIpc) is 3.59. The second-order valence-corrected chi connectivity index (χ2v) is 9.09. The lowest BCUT2D eigenvalue weighted by molar-refractivity contribution is -0.126. The van der Waals surface area contributed by atoms with Crippen molar-refractivity contribution >= 4 is 17.7 Å². The van der Waals surface area contributed by atoms with Gasteiger partial charge >= 0.3 is 0 Å². The van der Waals surface area contributed by atoms with Gasteiger partial charge in [0.25, 0.3) is 11.8 Å². The van der Waals surface area contributed by atoms with Crippen molar-refractivity contribution in [3.63, 3.8) is 0 Å². The molecule has 8 heteroatoms. The summed E-state index contributed by atoms with van der Waals surface area (Å²) in [5, 5.41) is 7.62. The Morgan fingerprint density at radius 2 is 1.66 bits per heavy atom. The van der Waals surface area contributed by atoms with Gasteiger partial charge in [-0.3, -0.25) is 19.1 Å². The summed E-state index contributed by atoms with van der Waals surface area (Å²) in [5.74, 6) is -0.0148. The molecule has 3 aliphatic rings. The van der Waals surface area contributed by atoms with E-state index < -0.39 is 0 Å². The van der Waals surface area contributed by atoms with Crippen molar-refractivity contribution in [2.75, 3.05) is 19.6 Å². The molecular formula is C24H29N5O3. The van der Waals surface area contributed by atoms with Gasteiger partial charge in [0.2, 0.25) is 5.91 Å². The molecule has 3 amide bonds. The minimum absolute atomic E-state index is 0.0173. The molecule has 2 aliphatic heterocycles. The maximum Gasteiger partial charge on any atom is 0.274 e. The van der Waals surface area contributed by atoms with Crippen LogP contribution in [0.1, 0.15) is 57.8 Å². The van der Waals surface area contributed by atoms with Gasteiger partial charge in [-0.25, -0.2) is 0 Å². The van der Waals surface area contributed by atoms with Gasteiger partial charge in [-0.05, 0) is 37.8 Å². The number of aromatic nitrogens is 2. The maximum atomic E-state index is 13.3. The lowest BCUT2D eigenvalue weighted by Gasteiger charge is -2.32. The summed E-state index contributed by atoms with van der Waals surface area (Å²) < 4.78 is 1.78. The van der Waals surface area contributed by atoms with Crippen molar-refractivity contribution in [3.05, 3.63) is 52.8 Å². The monoisotopic (exact) mass is 435 g/mol. The van der Waals surface area contributed by atoms with Crippen LogP contribution in [-0.4, -0.2) is 63.0 Å². The van der Waals surface area contributed by atoms with Crippen molar-refractivity contribution in [1.29, 1.82) is 0 Å². The van der Waals surface area contributed by atoms with Gasteiger partial charge in [-0.2, -0.15) is 5.10 Å². The number of carbonyl (C=O) groups is 3. The van der Waals surface area contributed by atoms with Crippen LogP contribution in [0.25, 0.3) is 0 Å². The fraction of sp³-hybridized carbons (Fsp3) is 0.500. The standard InChI is InChI=1S/C24H29N5O3/c1-27-20-11-14-29(23(31)17-5-3-2-4-6-17)15-19(20)21(26-27)24(32)28-12-9-16(10-13-28)22(30)25-18-7-8-18/h2-6,16,18H,7-15H2,1H3,(H,25,30). The highest BCUT2D eigenvalue weighted by molar-refractivity contribution is 5.96. The van der Waals surface area contributed by atoms with E-state index in [4.69, 9.17) is 0 Å². The molecule has 1 aromatic carbocycles. The van der Waals surface area contributed by atoms with E-state index in [1.165, 1.54) is 0 Å². The minimum atomic E-state index is -0.100. The van der Waals surface area contributed by atoms with Gasteiger partial charge in [-0.1, -0.05) is 18.2 Å². The fourth-order valence-corrected chi connectivity index (χ4v) is 4.74. The SMILES string of the molecule is Cn1nc(C(=O)N2CCC(C(=O)NC3CC3)CC2)c2c1CCN(C(=O)c1ccccc1)C2. The highest BCUT2D eigenvalue weighted by Crippen LogP contribution is 2.27. The van der Waals surface area contributed by atoms with E-state index in [-0.39, 0.29) is 23.6 Å². The fourth-order valence-electron chi connectivity index (χ4n) is 4.74. The number of nitrogens with zero attached hydrogens (tertiary/aromatic N) is 4. The molecule has 0 atom stereocenters. The third kappa shape index (κ3) is 4.01. The molecule has 1 saturated heterocycles. The number of amides is 3. The summed E-state index contributed by atoms with van der Waals surface area (Å²) in [6, 6.07) is 9.60. The molecule has 0 spiro atoms. The van der Waals surface area contributed by atoms with Crippen LogP contribution in [0.5, 0.6) is 0 Å². The number of fused-ring (bicyclic) bond motifs is 1. The van der Waals surface area contributed by atoms with Gasteiger partial charge in [0, 0.05) is 61.9 Å². The highest BCUT2D eigenvalue weighted by Gasteiger charge is 2.35. The first-order valence-corrected chi connectivity index (χ1v) is 11.5. The zero-order valence-electron chi connectivity index (χ0n) is 18.4. The van der Waals surface area contributed by atoms with E-state index >= 15 is 0 Å². The van der Waals surface area contributed by atoms with Crippen LogP contribution in [0.2, 0.25) is 0 Å². The Labute approximate surface area is 187 Å². The Bertz CT molecular complexity index is 1040. The summed E-state index contributed by atoms with van der Waals surface area (Å²) >= 11 is 0. The Morgan fingerprint density at radius 3 is 2.34 bits per heavy atom. The van der Waals surface area contributed by atoms with E-state index in [2.05, 4.69) is 10.4 Å². The minimum Gasteiger partial charge on any atom is -0.353 e. The number of carbonyl (C=O) groups excluding carboxylic acids is 3. The number of nitrogens with one attached hydrogen (secondary N) is 1. The Balaban J connectivity index is 1.28. The van der Waals surface area contributed by atoms with E-state index in [1.807, 2.05) is 42.3 Å². The quantitative estimate of drug-likeness (QED) is 0.793. The van der Waals surface area contributed by atoms with Crippen LogP contribution in [0.3, 0.4) is 0 Å². The maximum absolute atomic E-state index is 13.3. The Morgan fingerprint density at radius 1 is 0.938 bits per heavy atom. The molecule has 168 valence electrons. The molecule has 1 N–H and O–H groups in total. The molecule has 0 radical (unpaired) electrons. The first-order valence-electron chi connectivity index (χ1n) is 11.5. The lowest BCUT2D eigenvalue weighted by atomic mass is 9.95. The largest absolute Gasteiger partial charge is 0.353 e. The van der Waals surface area contributed by atoms with Gasteiger partial charge in [0.1, 0.15) is 0 Å². The molecular weight excluding hydrogens is 406 g/mol. The zero-order valence-corrected chi connectivity index (χ0v) is 18.4. The van der Waals surface area contributed by atoms with Crippen LogP contribution >= 0.6 is 0 Å². The van der Waals surface area contributed by atoms with E-state index in [9.17, 15) is 14.4 Å². The topological polar surface area (TPSA) is 87.5 Å². The van der Waals surface area contributed by atoms with Crippen LogP contribution in [0.4, 0.5) is 0 Å². The van der Waals surface area contributed by atoms with Crippen molar-refractivity contribution in [3.8, 4) is 0 Å². The van der Waals surface area contributed by atoms with Crippen LogP contribution in [-0.2, 0) is 24.8 Å². The molecule has 3 heterocycles. The number of likely N-dealkylation sites (tertiary alicyclic amines) is 1. The summed E-state index contributed by atoms with van der Waals surface area (Å²) in [6.45, 7) is 2.10. The third-order valence-corrected chi connectivity index (χ3v) is 6.83. The Kier molecular flexibility index (Phi) is 5.45. The predicted molar refractivity (Wildman–Crippen MR) is 118 cm³/mol. The molecule has 1 aliphatic carbocycles. The lowest BCUT2D eigenvalue weighted by Crippen LogP contribution is -2.44. The first-order chi connectivity index (χ1) is 15.5. The van der Waals surface area contributed by atoms with E-state index in [1.54, 1.807) is 9.58 Å². The van der Waals surface area contributed by atoms with E-state index in [0.29, 0.717) is 62.7 Å². The van der Waals surface area contributed by atoms with Gasteiger partial charge in [0.15, 0.2) is 5.69 Å². The van der Waals surface area contributed by atoms with Crippen LogP contribution in [0, 0.1) is 5.92 Å². The Hall–Kier alpha value is -3.16. The molecule has 2 fully saturated rings. The number of hydrogen-bond donors (Lipinski definition) is 1. The summed E-state index contributed by atoms with van der Waals surface area (Å²) in [6.07, 6.45) is 4.19. The molecule has 2 aromatic rings. The predicted octanol–water partition coefficient (Wildman–Crippen LogP) is 1.75. The zero-order chi connectivity index (χ0) is 22.2. The first kappa shape index (κ1) is 20.7. The number of hydrogen-bond acceptors (Lipinski definition) is 4.